The lowest BCUT2D eigenvalue weighted by Gasteiger charge is -2.18. The van der Waals surface area contributed by atoms with Gasteiger partial charge in [-0.3, -0.25) is 14.4 Å². The standard InChI is InChI=1S/C54H82O6/c1-4-7-10-13-16-19-22-24-25-26-27-28-30-32-35-38-41-44-47-53(56)59-50-51(49-58-52(55)46-43-40-37-34-31-21-18-15-12-9-6-3)60-54(57)48-45-42-39-36-33-29-23-20-17-14-11-8-5-2/h8,11,14-29,31,33,36,39,51H,4-7,9-10,12-13,30,32,34-35,37-38,40-50H2,1-3H3/b11-8-,17-14-,18-15-,19-16-,23-20-,24-22-,26-25-,28-27-,31-21-,33-29-,39-36-. The van der Waals surface area contributed by atoms with Gasteiger partial charge in [-0.1, -0.05) is 206 Å². The maximum atomic E-state index is 12.7. The smallest absolute Gasteiger partial charge is 0.306 e. The van der Waals surface area contributed by atoms with Gasteiger partial charge in [0.15, 0.2) is 6.10 Å². The molecule has 60 heavy (non-hydrogen) atoms. The molecule has 1 unspecified atom stereocenters. The third-order valence-corrected chi connectivity index (χ3v) is 9.11. The lowest BCUT2D eigenvalue weighted by atomic mass is 10.1. The number of unbranched alkanes of at least 4 members (excludes halogenated alkanes) is 14. The number of carbonyl (C=O) groups is 3. The van der Waals surface area contributed by atoms with Gasteiger partial charge in [0.2, 0.25) is 0 Å². The lowest BCUT2D eigenvalue weighted by Crippen LogP contribution is -2.30. The Morgan fingerprint density at radius 1 is 0.350 bits per heavy atom. The highest BCUT2D eigenvalue weighted by atomic mass is 16.6. The summed E-state index contributed by atoms with van der Waals surface area (Å²) in [5.74, 6) is -1.07. The van der Waals surface area contributed by atoms with E-state index in [1.54, 1.807) is 0 Å². The maximum absolute atomic E-state index is 12.7. The first-order valence-corrected chi connectivity index (χ1v) is 23.3. The first-order chi connectivity index (χ1) is 29.5. The Morgan fingerprint density at radius 3 is 1.15 bits per heavy atom. The Hall–Kier alpha value is -4.45. The molecule has 0 aliphatic heterocycles. The van der Waals surface area contributed by atoms with Crippen molar-refractivity contribution in [3.05, 3.63) is 134 Å². The van der Waals surface area contributed by atoms with Crippen molar-refractivity contribution in [2.45, 2.75) is 175 Å². The van der Waals surface area contributed by atoms with Gasteiger partial charge in [0.25, 0.3) is 0 Å². The highest BCUT2D eigenvalue weighted by Gasteiger charge is 2.19. The number of hydrogen-bond acceptors (Lipinski definition) is 6. The lowest BCUT2D eigenvalue weighted by molar-refractivity contribution is -0.167. The van der Waals surface area contributed by atoms with Crippen LogP contribution in [0.5, 0.6) is 0 Å². The zero-order valence-corrected chi connectivity index (χ0v) is 37.9. The summed E-state index contributed by atoms with van der Waals surface area (Å²) >= 11 is 0. The first kappa shape index (κ1) is 55.5. The fourth-order valence-corrected chi connectivity index (χ4v) is 5.58. The van der Waals surface area contributed by atoms with Gasteiger partial charge < -0.3 is 14.2 Å². The van der Waals surface area contributed by atoms with Crippen molar-refractivity contribution in [3.8, 4) is 0 Å². The number of rotatable bonds is 39. The first-order valence-electron chi connectivity index (χ1n) is 23.3. The van der Waals surface area contributed by atoms with E-state index in [9.17, 15) is 14.4 Å². The molecule has 0 heterocycles. The van der Waals surface area contributed by atoms with Crippen LogP contribution in [0.2, 0.25) is 0 Å². The van der Waals surface area contributed by atoms with Crippen molar-refractivity contribution in [2.75, 3.05) is 13.2 Å². The minimum Gasteiger partial charge on any atom is -0.462 e. The molecule has 6 nitrogen and oxygen atoms in total. The molecule has 0 spiro atoms. The second-order valence-electron chi connectivity index (χ2n) is 14.8. The van der Waals surface area contributed by atoms with Gasteiger partial charge in [0.05, 0.1) is 0 Å². The summed E-state index contributed by atoms with van der Waals surface area (Å²) in [6.07, 6.45) is 65.8. The van der Waals surface area contributed by atoms with Gasteiger partial charge in [-0.15, -0.1) is 0 Å². The monoisotopic (exact) mass is 827 g/mol. The Bertz CT molecular complexity index is 1370. The SMILES string of the molecule is CC\C=C/C=C\C=C/C=C\C=C/CCCC(=O)OC(COC(=O)CCCCC/C=C\C=C/CCCC)COC(=O)CCCCCCC\C=C/C=C\C=C/C=C\CCCCC. The molecule has 0 aliphatic rings. The van der Waals surface area contributed by atoms with Crippen LogP contribution in [0.3, 0.4) is 0 Å². The van der Waals surface area contributed by atoms with E-state index in [0.717, 1.165) is 83.5 Å². The second kappa shape index (κ2) is 47.2. The molecule has 0 fully saturated rings. The largest absolute Gasteiger partial charge is 0.462 e. The molecule has 1 atom stereocenters. The number of hydrogen-bond donors (Lipinski definition) is 0. The van der Waals surface area contributed by atoms with Crippen LogP contribution >= 0.6 is 0 Å². The van der Waals surface area contributed by atoms with Crippen LogP contribution in [-0.2, 0) is 28.6 Å². The van der Waals surface area contributed by atoms with Crippen LogP contribution < -0.4 is 0 Å². The summed E-state index contributed by atoms with van der Waals surface area (Å²) in [7, 11) is 0. The van der Waals surface area contributed by atoms with Gasteiger partial charge in [-0.2, -0.15) is 0 Å². The van der Waals surface area contributed by atoms with Gasteiger partial charge in [-0.25, -0.2) is 0 Å². The summed E-state index contributed by atoms with van der Waals surface area (Å²) in [6.45, 7) is 6.25. The van der Waals surface area contributed by atoms with E-state index in [0.29, 0.717) is 25.7 Å². The summed E-state index contributed by atoms with van der Waals surface area (Å²) in [5.41, 5.74) is 0. The third-order valence-electron chi connectivity index (χ3n) is 9.11. The quantitative estimate of drug-likeness (QED) is 0.0266. The summed E-state index contributed by atoms with van der Waals surface area (Å²) in [5, 5.41) is 0. The Balaban J connectivity index is 4.59. The molecule has 0 saturated carbocycles. The molecule has 0 saturated heterocycles. The minimum absolute atomic E-state index is 0.133. The zero-order chi connectivity index (χ0) is 43.7. The molecule has 334 valence electrons. The third kappa shape index (κ3) is 44.6. The predicted octanol–water partition coefficient (Wildman–Crippen LogP) is 15.1. The number of carbonyl (C=O) groups excluding carboxylic acids is 3. The molecule has 0 amide bonds. The number of allylic oxidation sites excluding steroid dienone is 22. The van der Waals surface area contributed by atoms with E-state index >= 15 is 0 Å². The Morgan fingerprint density at radius 2 is 0.683 bits per heavy atom. The molecule has 0 radical (unpaired) electrons. The minimum atomic E-state index is -0.839. The van der Waals surface area contributed by atoms with Crippen LogP contribution in [-0.4, -0.2) is 37.2 Å². The average Bonchev–Trinajstić information content (AvgIpc) is 3.24. The number of esters is 3. The molecule has 0 rings (SSSR count). The van der Waals surface area contributed by atoms with Gasteiger partial charge in [-0.05, 0) is 77.0 Å². The van der Waals surface area contributed by atoms with E-state index in [1.807, 2.05) is 54.7 Å². The molecule has 0 bridgehead atoms. The molecule has 0 aromatic heterocycles. The van der Waals surface area contributed by atoms with E-state index in [-0.39, 0.29) is 31.6 Å². The van der Waals surface area contributed by atoms with E-state index in [1.165, 1.54) is 32.1 Å². The average molecular weight is 827 g/mol. The van der Waals surface area contributed by atoms with Gasteiger partial charge in [0.1, 0.15) is 13.2 Å². The van der Waals surface area contributed by atoms with Crippen molar-refractivity contribution in [3.63, 3.8) is 0 Å². The maximum Gasteiger partial charge on any atom is 0.306 e. The van der Waals surface area contributed by atoms with Crippen LogP contribution in [0, 0.1) is 0 Å². The van der Waals surface area contributed by atoms with Gasteiger partial charge >= 0.3 is 17.9 Å². The second-order valence-corrected chi connectivity index (χ2v) is 14.8. The molecule has 0 aromatic rings. The van der Waals surface area contributed by atoms with Crippen molar-refractivity contribution < 1.29 is 28.6 Å². The highest BCUT2D eigenvalue weighted by molar-refractivity contribution is 5.71. The van der Waals surface area contributed by atoms with Crippen LogP contribution in [0.1, 0.15) is 168 Å². The Labute approximate surface area is 366 Å². The molecular formula is C54H82O6. The zero-order valence-electron chi connectivity index (χ0n) is 37.9. The van der Waals surface area contributed by atoms with Gasteiger partial charge in [0, 0.05) is 19.3 Å². The van der Waals surface area contributed by atoms with E-state index in [2.05, 4.69) is 99.8 Å². The van der Waals surface area contributed by atoms with Crippen molar-refractivity contribution in [1.29, 1.82) is 0 Å². The highest BCUT2D eigenvalue weighted by Crippen LogP contribution is 2.11. The topological polar surface area (TPSA) is 78.9 Å². The van der Waals surface area contributed by atoms with E-state index < -0.39 is 12.1 Å². The number of ether oxygens (including phenoxy) is 3. The van der Waals surface area contributed by atoms with Crippen molar-refractivity contribution >= 4 is 17.9 Å². The van der Waals surface area contributed by atoms with Crippen molar-refractivity contribution in [1.82, 2.24) is 0 Å². The molecule has 0 N–H and O–H groups in total. The van der Waals surface area contributed by atoms with E-state index in [4.69, 9.17) is 14.2 Å². The molecule has 0 aromatic carbocycles. The predicted molar refractivity (Wildman–Crippen MR) is 256 cm³/mol. The molecular weight excluding hydrogens is 745 g/mol. The summed E-state index contributed by atoms with van der Waals surface area (Å²) in [4.78, 5) is 37.8. The molecule has 0 aliphatic carbocycles. The summed E-state index contributed by atoms with van der Waals surface area (Å²) in [6, 6.07) is 0. The van der Waals surface area contributed by atoms with Crippen LogP contribution in [0.25, 0.3) is 0 Å². The fourth-order valence-electron chi connectivity index (χ4n) is 5.58. The summed E-state index contributed by atoms with van der Waals surface area (Å²) < 4.78 is 16.6. The molecule has 6 heteroatoms. The normalized spacial score (nSPS) is 13.3. The van der Waals surface area contributed by atoms with Crippen LogP contribution in [0.4, 0.5) is 0 Å². The van der Waals surface area contributed by atoms with Crippen molar-refractivity contribution in [2.24, 2.45) is 0 Å². The fraction of sp³-hybridized carbons (Fsp3) is 0.537. The van der Waals surface area contributed by atoms with Crippen LogP contribution in [0.15, 0.2) is 134 Å². The Kier molecular flexibility index (Phi) is 43.7.